The van der Waals surface area contributed by atoms with Gasteiger partial charge in [0.15, 0.2) is 5.96 Å². The predicted octanol–water partition coefficient (Wildman–Crippen LogP) is 2.69. The molecule has 3 N–H and O–H groups in total. The summed E-state index contributed by atoms with van der Waals surface area (Å²) in [7, 11) is 0. The number of unbranched alkanes of at least 4 members (excludes halogenated alkanes) is 1. The molecule has 5 heteroatoms. The van der Waals surface area contributed by atoms with Gasteiger partial charge in [-0.1, -0.05) is 6.92 Å². The Bertz CT molecular complexity index is 406. The fourth-order valence-electron chi connectivity index (χ4n) is 1.53. The van der Waals surface area contributed by atoms with Gasteiger partial charge in [0, 0.05) is 12.6 Å². The summed E-state index contributed by atoms with van der Waals surface area (Å²) < 4.78 is 18.2. The van der Waals surface area contributed by atoms with Gasteiger partial charge in [-0.15, -0.1) is 0 Å². The average molecular weight is 281 g/mol. The van der Waals surface area contributed by atoms with E-state index in [1.165, 1.54) is 12.1 Å². The number of hydrogen-bond acceptors (Lipinski definition) is 2. The number of rotatable bonds is 8. The normalized spacial score (nSPS) is 13.1. The minimum absolute atomic E-state index is 0.254. The number of nitrogens with one attached hydrogen (secondary N) is 1. The van der Waals surface area contributed by atoms with Crippen molar-refractivity contribution in [3.05, 3.63) is 30.1 Å². The molecule has 1 aromatic carbocycles. The van der Waals surface area contributed by atoms with Crippen LogP contribution in [0.1, 0.15) is 33.1 Å². The molecule has 0 aliphatic rings. The molecule has 1 rings (SSSR count). The van der Waals surface area contributed by atoms with Crippen molar-refractivity contribution >= 4 is 5.96 Å². The van der Waals surface area contributed by atoms with Crippen molar-refractivity contribution in [3.8, 4) is 5.75 Å². The van der Waals surface area contributed by atoms with Crippen LogP contribution in [0.5, 0.6) is 5.75 Å². The number of nitrogens with zero attached hydrogens (tertiary/aromatic N) is 1. The molecular formula is C15H24FN3O. The lowest BCUT2D eigenvalue weighted by Gasteiger charge is -2.11. The molecule has 112 valence electrons. The zero-order chi connectivity index (χ0) is 14.8. The van der Waals surface area contributed by atoms with E-state index in [0.29, 0.717) is 30.9 Å². The molecule has 20 heavy (non-hydrogen) atoms. The number of ether oxygens (including phenoxy) is 1. The minimum atomic E-state index is -0.254. The molecule has 0 radical (unpaired) electrons. The fourth-order valence-corrected chi connectivity index (χ4v) is 1.53. The summed E-state index contributed by atoms with van der Waals surface area (Å²) in [5.41, 5.74) is 5.74. The van der Waals surface area contributed by atoms with E-state index in [9.17, 15) is 4.39 Å². The minimum Gasteiger partial charge on any atom is -0.494 e. The second kappa shape index (κ2) is 9.18. The van der Waals surface area contributed by atoms with E-state index in [1.807, 2.05) is 0 Å². The van der Waals surface area contributed by atoms with E-state index in [1.54, 1.807) is 12.1 Å². The quantitative estimate of drug-likeness (QED) is 0.437. The van der Waals surface area contributed by atoms with Crippen LogP contribution in [0.3, 0.4) is 0 Å². The maximum atomic E-state index is 12.7. The third-order valence-corrected chi connectivity index (χ3v) is 2.92. The van der Waals surface area contributed by atoms with Gasteiger partial charge in [-0.25, -0.2) is 4.39 Å². The first-order valence-corrected chi connectivity index (χ1v) is 7.06. The van der Waals surface area contributed by atoms with Crippen LogP contribution in [0.25, 0.3) is 0 Å². The van der Waals surface area contributed by atoms with E-state index in [2.05, 4.69) is 24.2 Å². The first-order valence-electron chi connectivity index (χ1n) is 7.06. The van der Waals surface area contributed by atoms with Crippen LogP contribution in [-0.4, -0.2) is 25.2 Å². The summed E-state index contributed by atoms with van der Waals surface area (Å²) in [6.45, 7) is 5.44. The van der Waals surface area contributed by atoms with Crippen molar-refractivity contribution in [1.29, 1.82) is 0 Å². The highest BCUT2D eigenvalue weighted by molar-refractivity contribution is 5.78. The Kier molecular flexibility index (Phi) is 7.47. The van der Waals surface area contributed by atoms with Crippen LogP contribution in [0.15, 0.2) is 29.3 Å². The Morgan fingerprint density at radius 2 is 2.05 bits per heavy atom. The Morgan fingerprint density at radius 1 is 1.35 bits per heavy atom. The van der Waals surface area contributed by atoms with Gasteiger partial charge < -0.3 is 15.8 Å². The van der Waals surface area contributed by atoms with Gasteiger partial charge in [0.05, 0.1) is 6.61 Å². The molecule has 0 saturated heterocycles. The molecule has 0 amide bonds. The van der Waals surface area contributed by atoms with Crippen LogP contribution in [0, 0.1) is 5.82 Å². The summed E-state index contributed by atoms with van der Waals surface area (Å²) in [6.07, 6.45) is 2.81. The van der Waals surface area contributed by atoms with Crippen LogP contribution in [-0.2, 0) is 0 Å². The molecule has 0 aromatic heterocycles. The van der Waals surface area contributed by atoms with Gasteiger partial charge in [-0.2, -0.15) is 0 Å². The maximum Gasteiger partial charge on any atom is 0.188 e. The van der Waals surface area contributed by atoms with Crippen LogP contribution in [0.4, 0.5) is 4.39 Å². The van der Waals surface area contributed by atoms with Crippen molar-refractivity contribution < 1.29 is 9.13 Å². The molecule has 0 fully saturated rings. The van der Waals surface area contributed by atoms with E-state index in [4.69, 9.17) is 10.5 Å². The lowest BCUT2D eigenvalue weighted by molar-refractivity contribution is 0.307. The van der Waals surface area contributed by atoms with Gasteiger partial charge in [0.2, 0.25) is 0 Å². The van der Waals surface area contributed by atoms with Gasteiger partial charge >= 0.3 is 0 Å². The zero-order valence-electron chi connectivity index (χ0n) is 12.2. The summed E-state index contributed by atoms with van der Waals surface area (Å²) in [4.78, 5) is 4.25. The molecule has 1 aromatic rings. The predicted molar refractivity (Wildman–Crippen MR) is 80.5 cm³/mol. The molecule has 1 unspecified atom stereocenters. The molecule has 0 saturated carbocycles. The maximum absolute atomic E-state index is 12.7. The largest absolute Gasteiger partial charge is 0.494 e. The average Bonchev–Trinajstić information content (AvgIpc) is 2.44. The Morgan fingerprint density at radius 3 is 2.70 bits per heavy atom. The number of halogens is 1. The smallest absolute Gasteiger partial charge is 0.188 e. The number of hydrogen-bond donors (Lipinski definition) is 2. The van der Waals surface area contributed by atoms with Gasteiger partial charge in [0.25, 0.3) is 0 Å². The standard InChI is InChI=1S/C15H24FN3O/c1-3-12(2)19-15(17)18-10-4-5-11-20-14-8-6-13(16)7-9-14/h6-9,12H,3-5,10-11H2,1-2H3,(H3,17,18,19). The second-order valence-corrected chi connectivity index (χ2v) is 4.73. The van der Waals surface area contributed by atoms with E-state index in [-0.39, 0.29) is 5.82 Å². The summed E-state index contributed by atoms with van der Waals surface area (Å²) in [6, 6.07) is 6.38. The monoisotopic (exact) mass is 281 g/mol. The third kappa shape index (κ3) is 6.97. The topological polar surface area (TPSA) is 59.6 Å². The Balaban J connectivity index is 2.10. The molecule has 0 bridgehead atoms. The van der Waals surface area contributed by atoms with Crippen molar-refractivity contribution in [1.82, 2.24) is 5.32 Å². The highest BCUT2D eigenvalue weighted by Gasteiger charge is 1.98. The van der Waals surface area contributed by atoms with E-state index < -0.39 is 0 Å². The zero-order valence-corrected chi connectivity index (χ0v) is 12.2. The highest BCUT2D eigenvalue weighted by atomic mass is 19.1. The molecule has 4 nitrogen and oxygen atoms in total. The lowest BCUT2D eigenvalue weighted by atomic mass is 10.3. The molecule has 0 aliphatic carbocycles. The van der Waals surface area contributed by atoms with Crippen LogP contribution in [0.2, 0.25) is 0 Å². The van der Waals surface area contributed by atoms with Gasteiger partial charge in [-0.05, 0) is 50.5 Å². The molecule has 0 heterocycles. The highest BCUT2D eigenvalue weighted by Crippen LogP contribution is 2.11. The van der Waals surface area contributed by atoms with Crippen molar-refractivity contribution in [2.24, 2.45) is 10.7 Å². The number of benzene rings is 1. The number of guanidine groups is 1. The first kappa shape index (κ1) is 16.3. The van der Waals surface area contributed by atoms with Crippen molar-refractivity contribution in [3.63, 3.8) is 0 Å². The van der Waals surface area contributed by atoms with Gasteiger partial charge in [-0.3, -0.25) is 4.99 Å². The fraction of sp³-hybridized carbons (Fsp3) is 0.533. The SMILES string of the molecule is CCC(C)NC(N)=NCCCCOc1ccc(F)cc1. The lowest BCUT2D eigenvalue weighted by Crippen LogP contribution is -2.38. The molecular weight excluding hydrogens is 257 g/mol. The molecule has 0 spiro atoms. The van der Waals surface area contributed by atoms with E-state index in [0.717, 1.165) is 19.3 Å². The first-order chi connectivity index (χ1) is 9.61. The van der Waals surface area contributed by atoms with Gasteiger partial charge in [0.1, 0.15) is 11.6 Å². The third-order valence-electron chi connectivity index (χ3n) is 2.92. The van der Waals surface area contributed by atoms with Crippen LogP contribution >= 0.6 is 0 Å². The second-order valence-electron chi connectivity index (χ2n) is 4.73. The summed E-state index contributed by atoms with van der Waals surface area (Å²) in [5.74, 6) is 0.933. The van der Waals surface area contributed by atoms with E-state index >= 15 is 0 Å². The molecule has 0 aliphatic heterocycles. The summed E-state index contributed by atoms with van der Waals surface area (Å²) >= 11 is 0. The summed E-state index contributed by atoms with van der Waals surface area (Å²) in [5, 5.41) is 3.11. The van der Waals surface area contributed by atoms with Crippen molar-refractivity contribution in [2.75, 3.05) is 13.2 Å². The molecule has 1 atom stereocenters. The number of aliphatic imine (C=N–C) groups is 1. The Hall–Kier alpha value is -1.78. The van der Waals surface area contributed by atoms with Crippen molar-refractivity contribution in [2.45, 2.75) is 39.2 Å². The van der Waals surface area contributed by atoms with Crippen LogP contribution < -0.4 is 15.8 Å². The number of nitrogens with two attached hydrogens (primary N) is 1. The Labute approximate surface area is 120 Å².